The molecule has 14 heteroatoms. The number of hydrogen-bond acceptors (Lipinski definition) is 14. The van der Waals surface area contributed by atoms with Crippen LogP contribution < -0.4 is 5.32 Å². The number of likely N-dealkylation sites (N-methyl/N-ethyl adjacent to an activating group) is 1. The largest absolute Gasteiger partial charge is 0.462 e. The zero-order chi connectivity index (χ0) is 44.7. The summed E-state index contributed by atoms with van der Waals surface area (Å²) in [5.41, 5.74) is 0.176. The summed E-state index contributed by atoms with van der Waals surface area (Å²) >= 11 is 0. The molecule has 19 atom stereocenters. The van der Waals surface area contributed by atoms with Crippen molar-refractivity contribution in [3.05, 3.63) is 59.3 Å². The van der Waals surface area contributed by atoms with Gasteiger partial charge in [-0.1, -0.05) is 64.2 Å². The lowest BCUT2D eigenvalue weighted by molar-refractivity contribution is -0.312. The van der Waals surface area contributed by atoms with Gasteiger partial charge < -0.3 is 62.9 Å². The van der Waals surface area contributed by atoms with E-state index in [9.17, 15) is 15.0 Å². The Kier molecular flexibility index (Phi) is 15.1. The number of methoxy groups -OCH3 is 2. The fraction of sp³-hybridized carbons (Fsp3) is 0.771. The number of fused-ring (bicyclic) bond motifs is 2. The monoisotopic (exact) mass is 872 g/mol. The quantitative estimate of drug-likeness (QED) is 0.215. The minimum absolute atomic E-state index is 0.0407. The van der Waals surface area contributed by atoms with E-state index in [1.807, 2.05) is 39.1 Å². The Morgan fingerprint density at radius 3 is 2.31 bits per heavy atom. The Hall–Kier alpha value is -2.31. The molecule has 2 bridgehead atoms. The first-order chi connectivity index (χ1) is 29.5. The summed E-state index contributed by atoms with van der Waals surface area (Å²) < 4.78 is 64.3. The molecule has 3 N–H and O–H groups in total. The van der Waals surface area contributed by atoms with Gasteiger partial charge in [0.2, 0.25) is 0 Å². The molecule has 0 amide bonds. The van der Waals surface area contributed by atoms with Gasteiger partial charge in [-0.15, -0.1) is 0 Å². The molecule has 0 aromatic rings. The molecule has 1 spiro atoms. The molecule has 4 saturated heterocycles. The minimum atomic E-state index is -1.83. The van der Waals surface area contributed by atoms with Crippen molar-refractivity contribution in [3.63, 3.8) is 0 Å². The van der Waals surface area contributed by atoms with Crippen molar-refractivity contribution in [1.29, 1.82) is 0 Å². The van der Waals surface area contributed by atoms with Crippen LogP contribution in [-0.2, 0) is 52.2 Å². The molecular formula is C48H73NO13. The van der Waals surface area contributed by atoms with Gasteiger partial charge in [0.05, 0.1) is 55.4 Å². The summed E-state index contributed by atoms with van der Waals surface area (Å²) in [4.78, 5) is 14.3. The van der Waals surface area contributed by atoms with Crippen LogP contribution in [0.4, 0.5) is 0 Å². The van der Waals surface area contributed by atoms with Crippen molar-refractivity contribution >= 4 is 5.97 Å². The number of rotatable bonds is 8. The predicted octanol–water partition coefficient (Wildman–Crippen LogP) is 5.21. The Labute approximate surface area is 368 Å². The van der Waals surface area contributed by atoms with Gasteiger partial charge in [0, 0.05) is 51.7 Å². The zero-order valence-corrected chi connectivity index (χ0v) is 38.6. The van der Waals surface area contributed by atoms with Crippen molar-refractivity contribution < 1.29 is 62.4 Å². The molecule has 0 aromatic heterocycles. The van der Waals surface area contributed by atoms with Crippen LogP contribution in [0, 0.1) is 23.7 Å². The van der Waals surface area contributed by atoms with E-state index in [1.54, 1.807) is 33.3 Å². The van der Waals surface area contributed by atoms with Crippen LogP contribution >= 0.6 is 0 Å². The second kappa shape index (κ2) is 19.7. The Morgan fingerprint density at radius 2 is 1.60 bits per heavy atom. The van der Waals surface area contributed by atoms with E-state index in [1.165, 1.54) is 0 Å². The highest BCUT2D eigenvalue weighted by atomic mass is 16.7. The topological polar surface area (TPSA) is 162 Å². The SMILES string of the molecule is CN[C@@H]1[C@@H](C)O[C@@H](O[C@H]2[C@H](C)O[C@@H](O[C@@H]3/C(C)=C\C[C@@H]4C[C@@H](C[C@]5(C=C[C@H](C)[C@@H](C(C)C)O5)O4)OC(=O)[C@@H]4C=C(C)[C@@H](O)[C@H]5OC/C(=C/C=C\[C@@H]3C)[C@]54O)C[C@@H]2OC)C[C@H]1OC. The molecule has 7 aliphatic rings. The van der Waals surface area contributed by atoms with E-state index in [-0.39, 0.29) is 67.0 Å². The van der Waals surface area contributed by atoms with Gasteiger partial charge in [0.25, 0.3) is 0 Å². The molecule has 0 aromatic carbocycles. The molecule has 0 saturated carbocycles. The Morgan fingerprint density at radius 1 is 0.887 bits per heavy atom. The van der Waals surface area contributed by atoms with E-state index < -0.39 is 66.4 Å². The van der Waals surface area contributed by atoms with E-state index in [0.717, 1.165) is 5.57 Å². The molecule has 0 radical (unpaired) electrons. The summed E-state index contributed by atoms with van der Waals surface area (Å²) in [6.45, 7) is 16.3. The standard InChI is InChI=1S/C48H73NO13/c1-25(2)42-28(5)17-18-47(62-42)23-34-20-33(61-47)16-15-27(4)43(26(3)13-12-14-32-24-55-45-41(50)29(6)19-35(46(51)58-34)48(32,45)52)59-39-22-37(54-11)44(31(8)57-39)60-38-21-36(53-10)40(49-9)30(7)56-38/h12-15,17-19,25-26,28,30-31,33-45,49-50,52H,16,20-24H2,1-11H3/b13-12-,27-15-,32-14-/t26-,28-,30+,31-,33+,34-,35-,36+,37-,38-,39-,40+,41+,42+,43-,44-,45+,47+,48+/m0/s1. The number of aliphatic hydroxyl groups is 2. The molecule has 1 aliphatic carbocycles. The van der Waals surface area contributed by atoms with Gasteiger partial charge in [-0.25, -0.2) is 0 Å². The number of carbonyl (C=O) groups is 1. The second-order valence-corrected chi connectivity index (χ2v) is 19.1. The van der Waals surface area contributed by atoms with Crippen LogP contribution in [0.2, 0.25) is 0 Å². The number of aliphatic hydroxyl groups excluding tert-OH is 1. The maximum Gasteiger partial charge on any atom is 0.316 e. The second-order valence-electron chi connectivity index (χ2n) is 19.1. The zero-order valence-electron chi connectivity index (χ0n) is 38.6. The van der Waals surface area contributed by atoms with E-state index in [4.69, 9.17) is 47.4 Å². The van der Waals surface area contributed by atoms with Crippen molar-refractivity contribution in [2.24, 2.45) is 23.7 Å². The first kappa shape index (κ1) is 47.6. The van der Waals surface area contributed by atoms with E-state index in [0.29, 0.717) is 43.3 Å². The third-order valence-corrected chi connectivity index (χ3v) is 14.3. The molecule has 4 fully saturated rings. The highest BCUT2D eigenvalue weighted by Crippen LogP contribution is 2.47. The maximum absolute atomic E-state index is 14.3. The van der Waals surface area contributed by atoms with Crippen molar-refractivity contribution in [2.45, 2.75) is 185 Å². The molecule has 62 heavy (non-hydrogen) atoms. The smallest absolute Gasteiger partial charge is 0.316 e. The van der Waals surface area contributed by atoms with Crippen LogP contribution in [-0.4, -0.2) is 141 Å². The van der Waals surface area contributed by atoms with Crippen LogP contribution in [0.15, 0.2) is 59.3 Å². The highest BCUT2D eigenvalue weighted by Gasteiger charge is 2.60. The average molecular weight is 872 g/mol. The maximum atomic E-state index is 14.3. The van der Waals surface area contributed by atoms with Gasteiger partial charge in [-0.2, -0.15) is 0 Å². The first-order valence-corrected chi connectivity index (χ1v) is 22.9. The molecule has 14 nitrogen and oxygen atoms in total. The normalized spacial score (nSPS) is 48.7. The number of carbonyl (C=O) groups excluding carboxylic acids is 1. The van der Waals surface area contributed by atoms with Gasteiger partial charge in [0.15, 0.2) is 18.4 Å². The Bertz CT molecular complexity index is 1730. The summed E-state index contributed by atoms with van der Waals surface area (Å²) in [5, 5.41) is 27.0. The highest BCUT2D eigenvalue weighted by molar-refractivity contribution is 5.78. The predicted molar refractivity (Wildman–Crippen MR) is 230 cm³/mol. The fourth-order valence-corrected chi connectivity index (χ4v) is 10.9. The van der Waals surface area contributed by atoms with E-state index in [2.05, 4.69) is 52.1 Å². The molecule has 348 valence electrons. The minimum Gasteiger partial charge on any atom is -0.462 e. The molecule has 6 aliphatic heterocycles. The van der Waals surface area contributed by atoms with Gasteiger partial charge >= 0.3 is 5.97 Å². The lowest BCUT2D eigenvalue weighted by Gasteiger charge is -2.48. The van der Waals surface area contributed by atoms with Crippen LogP contribution in [0.5, 0.6) is 0 Å². The summed E-state index contributed by atoms with van der Waals surface area (Å²) in [5.74, 6) is -2.56. The lowest BCUT2D eigenvalue weighted by atomic mass is 9.71. The summed E-state index contributed by atoms with van der Waals surface area (Å²) in [6, 6.07) is 0.0445. The number of esters is 1. The van der Waals surface area contributed by atoms with Gasteiger partial charge in [-0.05, 0) is 69.9 Å². The van der Waals surface area contributed by atoms with E-state index >= 15 is 0 Å². The number of nitrogens with one attached hydrogen (secondary N) is 1. The number of hydrogen-bond donors (Lipinski definition) is 3. The van der Waals surface area contributed by atoms with Crippen molar-refractivity contribution in [2.75, 3.05) is 27.9 Å². The van der Waals surface area contributed by atoms with Crippen LogP contribution in [0.3, 0.4) is 0 Å². The molecular weight excluding hydrogens is 799 g/mol. The van der Waals surface area contributed by atoms with Crippen molar-refractivity contribution in [3.8, 4) is 0 Å². The molecule has 0 unspecified atom stereocenters. The van der Waals surface area contributed by atoms with Gasteiger partial charge in [-0.3, -0.25) is 4.79 Å². The number of allylic oxidation sites excluding steroid dienone is 2. The first-order valence-electron chi connectivity index (χ1n) is 22.9. The third-order valence-electron chi connectivity index (χ3n) is 14.3. The summed E-state index contributed by atoms with van der Waals surface area (Å²) in [7, 11) is 5.30. The average Bonchev–Trinajstić information content (AvgIpc) is 3.57. The molecule has 6 heterocycles. The fourth-order valence-electron chi connectivity index (χ4n) is 10.9. The van der Waals surface area contributed by atoms with Gasteiger partial charge in [0.1, 0.15) is 35.9 Å². The van der Waals surface area contributed by atoms with Crippen molar-refractivity contribution in [1.82, 2.24) is 5.32 Å². The molecule has 7 rings (SSSR count). The number of ether oxygens (including phenoxy) is 10. The van der Waals surface area contributed by atoms with Crippen LogP contribution in [0.25, 0.3) is 0 Å². The lowest BCUT2D eigenvalue weighted by Crippen LogP contribution is -2.58. The Balaban J connectivity index is 1.17. The summed E-state index contributed by atoms with van der Waals surface area (Å²) in [6.07, 6.45) is 9.72. The third kappa shape index (κ3) is 9.64. The van der Waals surface area contributed by atoms with Crippen LogP contribution in [0.1, 0.15) is 87.5 Å².